The van der Waals surface area contributed by atoms with Crippen LogP contribution in [-0.2, 0) is 6.54 Å². The highest BCUT2D eigenvalue weighted by molar-refractivity contribution is 5.91. The molecule has 0 aliphatic carbocycles. The van der Waals surface area contributed by atoms with Crippen LogP contribution in [0.5, 0.6) is 0 Å². The Morgan fingerprint density at radius 1 is 1.18 bits per heavy atom. The van der Waals surface area contributed by atoms with E-state index in [1.165, 1.54) is 6.07 Å². The highest BCUT2D eigenvalue weighted by Crippen LogP contribution is 2.20. The number of alkyl halides is 3. The van der Waals surface area contributed by atoms with E-state index in [1.54, 1.807) is 18.2 Å². The number of nitrogens with two attached hydrogens (primary N) is 1. The number of fused-ring (bicyclic) bond motifs is 1. The molecular formula is C11H9F3N2O. The van der Waals surface area contributed by atoms with Crippen molar-refractivity contribution in [2.75, 3.05) is 5.73 Å². The molecule has 0 saturated heterocycles. The summed E-state index contributed by atoms with van der Waals surface area (Å²) in [6.07, 6.45) is -3.42. The largest absolute Gasteiger partial charge is 0.406 e. The third-order valence-corrected chi connectivity index (χ3v) is 2.37. The summed E-state index contributed by atoms with van der Waals surface area (Å²) in [4.78, 5) is 11.8. The molecule has 17 heavy (non-hydrogen) atoms. The Hall–Kier alpha value is -1.98. The maximum Gasteiger partial charge on any atom is 0.406 e. The minimum Gasteiger partial charge on any atom is -0.397 e. The van der Waals surface area contributed by atoms with Crippen LogP contribution in [0, 0.1) is 0 Å². The van der Waals surface area contributed by atoms with Crippen molar-refractivity contribution >= 4 is 16.5 Å². The van der Waals surface area contributed by atoms with Crippen molar-refractivity contribution in [3.63, 3.8) is 0 Å². The fourth-order valence-electron chi connectivity index (χ4n) is 1.68. The average Bonchev–Trinajstić information content (AvgIpc) is 2.24. The second-order valence-corrected chi connectivity index (χ2v) is 3.68. The molecule has 1 aromatic heterocycles. The van der Waals surface area contributed by atoms with Gasteiger partial charge in [-0.25, -0.2) is 0 Å². The van der Waals surface area contributed by atoms with E-state index < -0.39 is 18.3 Å². The van der Waals surface area contributed by atoms with Crippen molar-refractivity contribution in [3.05, 3.63) is 40.8 Å². The molecule has 0 aliphatic heterocycles. The van der Waals surface area contributed by atoms with E-state index in [-0.39, 0.29) is 11.1 Å². The zero-order chi connectivity index (χ0) is 12.6. The van der Waals surface area contributed by atoms with Gasteiger partial charge in [-0.3, -0.25) is 4.79 Å². The van der Waals surface area contributed by atoms with Crippen LogP contribution in [0.4, 0.5) is 18.9 Å². The van der Waals surface area contributed by atoms with E-state index in [4.69, 9.17) is 5.73 Å². The molecule has 0 spiro atoms. The van der Waals surface area contributed by atoms with Gasteiger partial charge in [-0.2, -0.15) is 13.2 Å². The van der Waals surface area contributed by atoms with Crippen LogP contribution in [0.15, 0.2) is 35.3 Å². The number of rotatable bonds is 1. The molecule has 2 aromatic rings. The number of aromatic nitrogens is 1. The van der Waals surface area contributed by atoms with Gasteiger partial charge in [0.1, 0.15) is 6.54 Å². The Balaban J connectivity index is 2.68. The van der Waals surface area contributed by atoms with Crippen LogP contribution >= 0.6 is 0 Å². The number of nitrogens with zero attached hydrogens (tertiary/aromatic N) is 1. The van der Waals surface area contributed by atoms with E-state index >= 15 is 0 Å². The summed E-state index contributed by atoms with van der Waals surface area (Å²) in [6.45, 7) is -1.33. The van der Waals surface area contributed by atoms with Gasteiger partial charge in [-0.15, -0.1) is 0 Å². The fraction of sp³-hybridized carbons (Fsp3) is 0.182. The number of hydrogen-bond donors (Lipinski definition) is 1. The lowest BCUT2D eigenvalue weighted by atomic mass is 10.1. The van der Waals surface area contributed by atoms with Crippen LogP contribution in [-0.4, -0.2) is 10.7 Å². The SMILES string of the molecule is Nc1cn(CC(F)(F)F)c(=O)c2ccccc12. The molecule has 0 radical (unpaired) electrons. The number of nitrogen functional groups attached to an aromatic ring is 1. The molecule has 1 aromatic carbocycles. The molecule has 2 N–H and O–H groups in total. The molecule has 0 aliphatic rings. The van der Waals surface area contributed by atoms with Gasteiger partial charge in [0.05, 0.1) is 5.69 Å². The average molecular weight is 242 g/mol. The van der Waals surface area contributed by atoms with Crippen molar-refractivity contribution in [2.24, 2.45) is 0 Å². The molecular weight excluding hydrogens is 233 g/mol. The van der Waals surface area contributed by atoms with Gasteiger partial charge >= 0.3 is 6.18 Å². The van der Waals surface area contributed by atoms with Crippen molar-refractivity contribution in [2.45, 2.75) is 12.7 Å². The topological polar surface area (TPSA) is 48.0 Å². The van der Waals surface area contributed by atoms with E-state index in [9.17, 15) is 18.0 Å². The number of halogens is 3. The summed E-state index contributed by atoms with van der Waals surface area (Å²) in [6, 6.07) is 6.32. The number of hydrogen-bond acceptors (Lipinski definition) is 2. The Morgan fingerprint density at radius 2 is 1.76 bits per heavy atom. The maximum absolute atomic E-state index is 12.3. The van der Waals surface area contributed by atoms with Gasteiger partial charge < -0.3 is 10.3 Å². The first-order chi connectivity index (χ1) is 7.88. The normalized spacial score (nSPS) is 11.9. The van der Waals surface area contributed by atoms with Crippen LogP contribution in [0.1, 0.15) is 0 Å². The lowest BCUT2D eigenvalue weighted by Crippen LogP contribution is -2.28. The van der Waals surface area contributed by atoms with Gasteiger partial charge in [0.2, 0.25) is 0 Å². The lowest BCUT2D eigenvalue weighted by Gasteiger charge is -2.11. The Labute approximate surface area is 94.3 Å². The monoisotopic (exact) mass is 242 g/mol. The van der Waals surface area contributed by atoms with E-state index in [1.807, 2.05) is 0 Å². The summed E-state index contributed by atoms with van der Waals surface area (Å²) in [5, 5.41) is 0.660. The summed E-state index contributed by atoms with van der Waals surface area (Å²) in [5.74, 6) is 0. The number of pyridine rings is 1. The van der Waals surface area contributed by atoms with Gasteiger partial charge in [-0.05, 0) is 6.07 Å². The number of anilines is 1. The fourth-order valence-corrected chi connectivity index (χ4v) is 1.68. The van der Waals surface area contributed by atoms with Crippen LogP contribution in [0.3, 0.4) is 0 Å². The highest BCUT2D eigenvalue weighted by Gasteiger charge is 2.28. The molecule has 90 valence electrons. The zero-order valence-corrected chi connectivity index (χ0v) is 8.66. The van der Waals surface area contributed by atoms with Crippen LogP contribution in [0.2, 0.25) is 0 Å². The first-order valence-corrected chi connectivity index (χ1v) is 4.83. The molecule has 0 saturated carbocycles. The van der Waals surface area contributed by atoms with E-state index in [2.05, 4.69) is 0 Å². The molecule has 0 unspecified atom stereocenters. The molecule has 3 nitrogen and oxygen atoms in total. The summed E-state index contributed by atoms with van der Waals surface area (Å²) >= 11 is 0. The summed E-state index contributed by atoms with van der Waals surface area (Å²) < 4.78 is 37.3. The smallest absolute Gasteiger partial charge is 0.397 e. The molecule has 0 fully saturated rings. The minimum absolute atomic E-state index is 0.157. The highest BCUT2D eigenvalue weighted by atomic mass is 19.4. The summed E-state index contributed by atoms with van der Waals surface area (Å²) in [5.41, 5.74) is 5.09. The second-order valence-electron chi connectivity index (χ2n) is 3.68. The van der Waals surface area contributed by atoms with Crippen molar-refractivity contribution in [1.29, 1.82) is 0 Å². The Bertz CT molecular complexity index is 616. The molecule has 0 atom stereocenters. The first kappa shape index (κ1) is 11.5. The van der Waals surface area contributed by atoms with Gasteiger partial charge in [0, 0.05) is 17.0 Å². The third-order valence-electron chi connectivity index (χ3n) is 2.37. The van der Waals surface area contributed by atoms with Gasteiger partial charge in [-0.1, -0.05) is 18.2 Å². The molecule has 0 bridgehead atoms. The number of benzene rings is 1. The molecule has 0 amide bonds. The second kappa shape index (κ2) is 3.80. The zero-order valence-electron chi connectivity index (χ0n) is 8.66. The Morgan fingerprint density at radius 3 is 2.35 bits per heavy atom. The quantitative estimate of drug-likeness (QED) is 0.832. The molecule has 2 rings (SSSR count). The van der Waals surface area contributed by atoms with Crippen LogP contribution < -0.4 is 11.3 Å². The Kier molecular flexibility index (Phi) is 2.57. The van der Waals surface area contributed by atoms with Crippen LogP contribution in [0.25, 0.3) is 10.8 Å². The van der Waals surface area contributed by atoms with Gasteiger partial charge in [0.15, 0.2) is 0 Å². The maximum atomic E-state index is 12.3. The van der Waals surface area contributed by atoms with E-state index in [0.29, 0.717) is 9.95 Å². The minimum atomic E-state index is -4.45. The van der Waals surface area contributed by atoms with Crippen molar-refractivity contribution in [3.8, 4) is 0 Å². The van der Waals surface area contributed by atoms with Gasteiger partial charge in [0.25, 0.3) is 5.56 Å². The molecule has 6 heteroatoms. The molecule has 1 heterocycles. The van der Waals surface area contributed by atoms with Crippen molar-refractivity contribution < 1.29 is 13.2 Å². The predicted molar refractivity (Wildman–Crippen MR) is 58.7 cm³/mol. The first-order valence-electron chi connectivity index (χ1n) is 4.83. The predicted octanol–water partition coefficient (Wildman–Crippen LogP) is 2.15. The van der Waals surface area contributed by atoms with E-state index in [0.717, 1.165) is 6.20 Å². The summed E-state index contributed by atoms with van der Waals surface area (Å²) in [7, 11) is 0. The van der Waals surface area contributed by atoms with Crippen molar-refractivity contribution in [1.82, 2.24) is 4.57 Å². The third kappa shape index (κ3) is 2.25. The standard InChI is InChI=1S/C11H9F3N2O/c12-11(13,14)6-16-5-9(15)7-3-1-2-4-8(7)10(16)17/h1-5H,6,15H2. The lowest BCUT2D eigenvalue weighted by molar-refractivity contribution is -0.141.